The van der Waals surface area contributed by atoms with Crippen molar-refractivity contribution in [1.82, 2.24) is 10.3 Å². The molecule has 0 fully saturated rings. The van der Waals surface area contributed by atoms with Crippen molar-refractivity contribution < 1.29 is 19.0 Å². The quantitative estimate of drug-likeness (QED) is 0.535. The monoisotopic (exact) mass is 450 g/mol. The Morgan fingerprint density at radius 1 is 1.22 bits per heavy atom. The zero-order valence-electron chi connectivity index (χ0n) is 17.8. The largest absolute Gasteiger partial charge is 0.497 e. The van der Waals surface area contributed by atoms with Crippen molar-refractivity contribution in [2.45, 2.75) is 12.5 Å². The van der Waals surface area contributed by atoms with Gasteiger partial charge in [-0.15, -0.1) is 0 Å². The fourth-order valence-corrected chi connectivity index (χ4v) is 3.89. The van der Waals surface area contributed by atoms with Crippen LogP contribution in [0.1, 0.15) is 11.3 Å². The van der Waals surface area contributed by atoms with Gasteiger partial charge < -0.3 is 19.5 Å². The number of aromatic nitrogens is 1. The number of carbonyl (C=O) groups is 1. The van der Waals surface area contributed by atoms with Gasteiger partial charge in [0.25, 0.3) is 0 Å². The van der Waals surface area contributed by atoms with Gasteiger partial charge in [-0.05, 0) is 54.1 Å². The predicted octanol–water partition coefficient (Wildman–Crippen LogP) is 4.55. The molecule has 4 rings (SSSR count). The minimum absolute atomic E-state index is 0.197. The van der Waals surface area contributed by atoms with Crippen molar-refractivity contribution in [1.29, 1.82) is 0 Å². The van der Waals surface area contributed by atoms with Gasteiger partial charge >= 0.3 is 0 Å². The molecule has 164 valence electrons. The van der Waals surface area contributed by atoms with Gasteiger partial charge in [0.15, 0.2) is 0 Å². The van der Waals surface area contributed by atoms with E-state index < -0.39 is 0 Å². The van der Waals surface area contributed by atoms with Gasteiger partial charge in [-0.1, -0.05) is 17.7 Å². The third-order valence-electron chi connectivity index (χ3n) is 5.17. The van der Waals surface area contributed by atoms with E-state index in [-0.39, 0.29) is 12.0 Å². The van der Waals surface area contributed by atoms with Crippen LogP contribution in [-0.4, -0.2) is 37.8 Å². The molecule has 0 radical (unpaired) electrons. The fraction of sp³-hybridized carbons (Fsp3) is 0.200. The minimum atomic E-state index is -0.205. The summed E-state index contributed by atoms with van der Waals surface area (Å²) in [6.45, 7) is 0.369. The molecule has 3 aromatic rings. The Morgan fingerprint density at radius 2 is 2.09 bits per heavy atom. The first-order valence-corrected chi connectivity index (χ1v) is 10.5. The third kappa shape index (κ3) is 4.86. The molecule has 1 N–H and O–H groups in total. The summed E-state index contributed by atoms with van der Waals surface area (Å²) >= 11 is 6.54. The Kier molecular flexibility index (Phi) is 6.61. The topological polar surface area (TPSA) is 69.7 Å². The number of fused-ring (bicyclic) bond motifs is 1. The molecule has 0 saturated heterocycles. The average molecular weight is 451 g/mol. The number of pyridine rings is 1. The van der Waals surface area contributed by atoms with E-state index in [2.05, 4.69) is 10.3 Å². The first-order valence-electron chi connectivity index (χ1n) is 10.2. The molecule has 2 aromatic carbocycles. The molecular formula is C25H23ClN2O4. The van der Waals surface area contributed by atoms with Crippen molar-refractivity contribution in [3.63, 3.8) is 0 Å². The molecule has 32 heavy (non-hydrogen) atoms. The summed E-state index contributed by atoms with van der Waals surface area (Å²) in [5, 5.41) is 3.39. The van der Waals surface area contributed by atoms with E-state index in [9.17, 15) is 4.79 Å². The number of nitrogens with one attached hydrogen (secondary N) is 1. The zero-order chi connectivity index (χ0) is 22.5. The summed E-state index contributed by atoms with van der Waals surface area (Å²) in [5.74, 6) is 1.90. The van der Waals surface area contributed by atoms with Gasteiger partial charge in [-0.2, -0.15) is 0 Å². The van der Waals surface area contributed by atoms with E-state index in [1.807, 2.05) is 48.5 Å². The normalized spacial score (nSPS) is 14.7. The van der Waals surface area contributed by atoms with Crippen LogP contribution in [0.4, 0.5) is 0 Å². The summed E-state index contributed by atoms with van der Waals surface area (Å²) in [6.07, 6.45) is 5.26. The van der Waals surface area contributed by atoms with Crippen LogP contribution in [-0.2, 0) is 11.2 Å². The Labute approximate surface area is 191 Å². The first kappa shape index (κ1) is 21.7. The van der Waals surface area contributed by atoms with Gasteiger partial charge in [0, 0.05) is 29.8 Å². The smallest absolute Gasteiger partial charge is 0.244 e. The molecule has 1 unspecified atom stereocenters. The molecule has 2 heterocycles. The molecule has 7 heteroatoms. The van der Waals surface area contributed by atoms with E-state index >= 15 is 0 Å². The summed E-state index contributed by atoms with van der Waals surface area (Å²) in [4.78, 5) is 16.3. The maximum absolute atomic E-state index is 12.1. The lowest BCUT2D eigenvalue weighted by molar-refractivity contribution is -0.116. The Bertz CT molecular complexity index is 1150. The zero-order valence-corrected chi connectivity index (χ0v) is 18.6. The van der Waals surface area contributed by atoms with Crippen LogP contribution in [0.25, 0.3) is 17.2 Å². The van der Waals surface area contributed by atoms with Gasteiger partial charge in [0.05, 0.1) is 31.5 Å². The number of ether oxygens (including phenoxy) is 3. The molecule has 1 atom stereocenters. The van der Waals surface area contributed by atoms with Crippen LogP contribution in [0.3, 0.4) is 0 Å². The van der Waals surface area contributed by atoms with Crippen molar-refractivity contribution in [2.75, 3.05) is 20.8 Å². The molecule has 1 aromatic heterocycles. The molecule has 6 nitrogen and oxygen atoms in total. The van der Waals surface area contributed by atoms with E-state index in [4.69, 9.17) is 25.8 Å². The molecule has 1 aliphatic rings. The lowest BCUT2D eigenvalue weighted by Crippen LogP contribution is -2.33. The van der Waals surface area contributed by atoms with E-state index in [0.717, 1.165) is 33.9 Å². The lowest BCUT2D eigenvalue weighted by atomic mass is 9.99. The van der Waals surface area contributed by atoms with Gasteiger partial charge in [-0.3, -0.25) is 9.78 Å². The standard InChI is InChI=1S/C25H23ClN2O4/c1-30-19-7-8-23(31-2)21(14-19)16-11-17-12-20(32-25(17)22(26)13-16)15-28-24(29)9-6-18-5-3-4-10-27-18/h3-11,13-14,20H,12,15H2,1-2H3,(H,28,29)/b9-6+. The van der Waals surface area contributed by atoms with Gasteiger partial charge in [0.2, 0.25) is 5.91 Å². The summed E-state index contributed by atoms with van der Waals surface area (Å²) < 4.78 is 16.9. The fourth-order valence-electron chi connectivity index (χ4n) is 3.61. The van der Waals surface area contributed by atoms with Crippen molar-refractivity contribution in [3.8, 4) is 28.4 Å². The number of nitrogens with zero attached hydrogens (tertiary/aromatic N) is 1. The van der Waals surface area contributed by atoms with E-state index in [1.54, 1.807) is 26.5 Å². The number of carbonyl (C=O) groups excluding carboxylic acids is 1. The highest BCUT2D eigenvalue weighted by Crippen LogP contribution is 2.42. The Hall–Kier alpha value is -3.51. The highest BCUT2D eigenvalue weighted by Gasteiger charge is 2.26. The van der Waals surface area contributed by atoms with Gasteiger partial charge in [-0.25, -0.2) is 0 Å². The van der Waals surface area contributed by atoms with Crippen molar-refractivity contribution >= 4 is 23.6 Å². The van der Waals surface area contributed by atoms with Gasteiger partial charge in [0.1, 0.15) is 23.4 Å². The Morgan fingerprint density at radius 3 is 2.84 bits per heavy atom. The van der Waals surface area contributed by atoms with Crippen molar-refractivity contribution in [2.24, 2.45) is 0 Å². The average Bonchev–Trinajstić information content (AvgIpc) is 3.25. The lowest BCUT2D eigenvalue weighted by Gasteiger charge is -2.13. The maximum atomic E-state index is 12.1. The summed E-state index contributed by atoms with van der Waals surface area (Å²) in [5.41, 5.74) is 3.50. The van der Waals surface area contributed by atoms with E-state index in [0.29, 0.717) is 23.7 Å². The second-order valence-corrected chi connectivity index (χ2v) is 7.70. The number of halogens is 1. The number of amides is 1. The SMILES string of the molecule is COc1ccc(OC)c(-c2cc(Cl)c3c(c2)CC(CNC(=O)/C=C/c2ccccn2)O3)c1. The van der Waals surface area contributed by atoms with Crippen LogP contribution < -0.4 is 19.5 Å². The number of hydrogen-bond acceptors (Lipinski definition) is 5. The van der Waals surface area contributed by atoms with Crippen LogP contribution in [0.5, 0.6) is 17.2 Å². The first-order chi connectivity index (χ1) is 15.6. The predicted molar refractivity (Wildman–Crippen MR) is 124 cm³/mol. The number of benzene rings is 2. The number of rotatable bonds is 7. The number of methoxy groups -OCH3 is 2. The van der Waals surface area contributed by atoms with E-state index in [1.165, 1.54) is 6.08 Å². The number of hydrogen-bond donors (Lipinski definition) is 1. The molecule has 1 amide bonds. The van der Waals surface area contributed by atoms with Crippen LogP contribution >= 0.6 is 11.6 Å². The third-order valence-corrected chi connectivity index (χ3v) is 5.45. The highest BCUT2D eigenvalue weighted by atomic mass is 35.5. The van der Waals surface area contributed by atoms with Crippen molar-refractivity contribution in [3.05, 3.63) is 77.1 Å². The molecule has 0 bridgehead atoms. The molecule has 0 spiro atoms. The molecule has 0 aliphatic carbocycles. The maximum Gasteiger partial charge on any atom is 0.244 e. The second kappa shape index (κ2) is 9.75. The highest BCUT2D eigenvalue weighted by molar-refractivity contribution is 6.32. The molecular weight excluding hydrogens is 428 g/mol. The Balaban J connectivity index is 1.45. The van der Waals surface area contributed by atoms with Crippen LogP contribution in [0.2, 0.25) is 5.02 Å². The minimum Gasteiger partial charge on any atom is -0.497 e. The van der Waals surface area contributed by atoms with Crippen LogP contribution in [0.15, 0.2) is 60.8 Å². The molecule has 0 saturated carbocycles. The summed E-state index contributed by atoms with van der Waals surface area (Å²) in [6, 6.07) is 15.1. The summed E-state index contributed by atoms with van der Waals surface area (Å²) in [7, 11) is 3.25. The molecule has 1 aliphatic heterocycles. The van der Waals surface area contributed by atoms with Crippen LogP contribution in [0, 0.1) is 0 Å². The second-order valence-electron chi connectivity index (χ2n) is 7.29.